The smallest absolute Gasteiger partial charge is 0.114 e. The first-order valence-corrected chi connectivity index (χ1v) is 7.78. The summed E-state index contributed by atoms with van der Waals surface area (Å²) >= 11 is 0. The molecule has 1 saturated carbocycles. The molecule has 0 radical (unpaired) electrons. The lowest BCUT2D eigenvalue weighted by atomic mass is 9.95. The van der Waals surface area contributed by atoms with Crippen LogP contribution in [0.4, 0.5) is 0 Å². The molecule has 3 nitrogen and oxygen atoms in total. The van der Waals surface area contributed by atoms with Crippen molar-refractivity contribution in [2.24, 2.45) is 5.92 Å². The van der Waals surface area contributed by atoms with Crippen LogP contribution in [0.1, 0.15) is 70.2 Å². The number of fused-ring (bicyclic) bond motifs is 1. The Morgan fingerprint density at radius 2 is 2.11 bits per heavy atom. The molecule has 19 heavy (non-hydrogen) atoms. The van der Waals surface area contributed by atoms with Gasteiger partial charge in [-0.2, -0.15) is 0 Å². The lowest BCUT2D eigenvalue weighted by molar-refractivity contribution is 0.407. The Hall–Kier alpha value is -0.830. The average molecular weight is 261 g/mol. The minimum absolute atomic E-state index is 0.134. The van der Waals surface area contributed by atoms with Crippen molar-refractivity contribution in [3.63, 3.8) is 0 Å². The van der Waals surface area contributed by atoms with Crippen LogP contribution in [-0.4, -0.2) is 16.1 Å². The summed E-state index contributed by atoms with van der Waals surface area (Å²) in [5, 5.41) is 3.45. The maximum atomic E-state index is 4.97. The van der Waals surface area contributed by atoms with Gasteiger partial charge in [0.2, 0.25) is 0 Å². The summed E-state index contributed by atoms with van der Waals surface area (Å²) in [6.45, 7) is 11.3. The summed E-state index contributed by atoms with van der Waals surface area (Å²) in [4.78, 5) is 4.97. The number of nitrogens with zero attached hydrogens (tertiary/aromatic N) is 2. The topological polar surface area (TPSA) is 29.9 Å². The van der Waals surface area contributed by atoms with Gasteiger partial charge < -0.3 is 9.88 Å². The highest BCUT2D eigenvalue weighted by atomic mass is 15.1. The van der Waals surface area contributed by atoms with E-state index in [1.807, 2.05) is 0 Å². The number of nitrogens with one attached hydrogen (secondary N) is 1. The van der Waals surface area contributed by atoms with Crippen molar-refractivity contribution in [1.82, 2.24) is 14.9 Å². The van der Waals surface area contributed by atoms with E-state index in [-0.39, 0.29) is 5.41 Å². The van der Waals surface area contributed by atoms with Crippen LogP contribution in [0.15, 0.2) is 0 Å². The maximum Gasteiger partial charge on any atom is 0.114 e. The zero-order valence-corrected chi connectivity index (χ0v) is 12.8. The Kier molecular flexibility index (Phi) is 3.20. The van der Waals surface area contributed by atoms with Crippen LogP contribution in [0, 0.1) is 5.92 Å². The molecule has 0 aromatic carbocycles. The molecular weight excluding hydrogens is 234 g/mol. The van der Waals surface area contributed by atoms with E-state index in [1.165, 1.54) is 36.5 Å². The molecule has 1 aliphatic carbocycles. The molecule has 0 amide bonds. The van der Waals surface area contributed by atoms with Crippen LogP contribution >= 0.6 is 0 Å². The van der Waals surface area contributed by atoms with Crippen LogP contribution < -0.4 is 5.32 Å². The van der Waals surface area contributed by atoms with Crippen molar-refractivity contribution in [1.29, 1.82) is 0 Å². The van der Waals surface area contributed by atoms with Gasteiger partial charge in [0, 0.05) is 36.7 Å². The molecule has 0 spiro atoms. The van der Waals surface area contributed by atoms with E-state index >= 15 is 0 Å². The van der Waals surface area contributed by atoms with Crippen molar-refractivity contribution in [2.75, 3.05) is 6.54 Å². The predicted molar refractivity (Wildman–Crippen MR) is 78.4 cm³/mol. The molecule has 3 rings (SSSR count). The summed E-state index contributed by atoms with van der Waals surface area (Å²) in [5.74, 6) is 2.26. The van der Waals surface area contributed by atoms with Crippen LogP contribution in [0.3, 0.4) is 0 Å². The van der Waals surface area contributed by atoms with Crippen molar-refractivity contribution in [2.45, 2.75) is 71.4 Å². The molecule has 3 heteroatoms. The highest BCUT2D eigenvalue weighted by molar-refractivity contribution is 5.24. The van der Waals surface area contributed by atoms with E-state index in [1.54, 1.807) is 0 Å². The molecule has 0 bridgehead atoms. The number of hydrogen-bond donors (Lipinski definition) is 1. The standard InChI is InChI=1S/C16H27N3/c1-11(9-12-5-6-12)19-14-7-8-17-10-13(14)18-15(19)16(2,3)4/h11-12,17H,5-10H2,1-4H3. The fourth-order valence-corrected chi connectivity index (χ4v) is 3.28. The molecule has 1 atom stereocenters. The first-order chi connectivity index (χ1) is 8.97. The lowest BCUT2D eigenvalue weighted by Crippen LogP contribution is -2.27. The van der Waals surface area contributed by atoms with E-state index in [0.717, 1.165) is 25.4 Å². The van der Waals surface area contributed by atoms with E-state index in [0.29, 0.717) is 6.04 Å². The van der Waals surface area contributed by atoms with Gasteiger partial charge in [-0.05, 0) is 19.3 Å². The lowest BCUT2D eigenvalue weighted by Gasteiger charge is -2.26. The molecule has 1 fully saturated rings. The van der Waals surface area contributed by atoms with Crippen molar-refractivity contribution >= 4 is 0 Å². The fraction of sp³-hybridized carbons (Fsp3) is 0.812. The molecule has 2 aliphatic rings. The summed E-state index contributed by atoms with van der Waals surface area (Å²) in [6, 6.07) is 0.607. The monoisotopic (exact) mass is 261 g/mol. The molecular formula is C16H27N3. The minimum Gasteiger partial charge on any atom is -0.328 e. The number of rotatable bonds is 3. The highest BCUT2D eigenvalue weighted by Crippen LogP contribution is 2.39. The van der Waals surface area contributed by atoms with Crippen molar-refractivity contribution in [3.8, 4) is 0 Å². The zero-order valence-electron chi connectivity index (χ0n) is 12.8. The Morgan fingerprint density at radius 3 is 2.74 bits per heavy atom. The number of aromatic nitrogens is 2. The van der Waals surface area contributed by atoms with E-state index in [2.05, 4.69) is 37.6 Å². The van der Waals surface area contributed by atoms with Gasteiger partial charge in [0.1, 0.15) is 5.82 Å². The van der Waals surface area contributed by atoms with Crippen LogP contribution in [-0.2, 0) is 18.4 Å². The minimum atomic E-state index is 0.134. The van der Waals surface area contributed by atoms with Crippen molar-refractivity contribution in [3.05, 3.63) is 17.2 Å². The van der Waals surface area contributed by atoms with Crippen LogP contribution in [0.5, 0.6) is 0 Å². The van der Waals surface area contributed by atoms with Crippen LogP contribution in [0.2, 0.25) is 0 Å². The number of imidazole rings is 1. The molecule has 1 N–H and O–H groups in total. The molecule has 2 heterocycles. The maximum absolute atomic E-state index is 4.97. The highest BCUT2D eigenvalue weighted by Gasteiger charge is 2.31. The molecule has 1 aromatic heterocycles. The average Bonchev–Trinajstić information content (AvgIpc) is 3.05. The van der Waals surface area contributed by atoms with Gasteiger partial charge in [-0.15, -0.1) is 0 Å². The van der Waals surface area contributed by atoms with Gasteiger partial charge in [-0.1, -0.05) is 33.6 Å². The molecule has 1 aromatic rings. The molecule has 1 unspecified atom stereocenters. The first-order valence-electron chi connectivity index (χ1n) is 7.78. The van der Waals surface area contributed by atoms with Gasteiger partial charge >= 0.3 is 0 Å². The second-order valence-corrected chi connectivity index (χ2v) is 7.40. The third-order valence-electron chi connectivity index (χ3n) is 4.41. The summed E-state index contributed by atoms with van der Waals surface area (Å²) in [6.07, 6.45) is 5.34. The van der Waals surface area contributed by atoms with Gasteiger partial charge in [-0.3, -0.25) is 0 Å². The van der Waals surface area contributed by atoms with Gasteiger partial charge in [0.15, 0.2) is 0 Å². The van der Waals surface area contributed by atoms with Crippen LogP contribution in [0.25, 0.3) is 0 Å². The first kappa shape index (κ1) is 13.2. The Morgan fingerprint density at radius 1 is 1.37 bits per heavy atom. The Balaban J connectivity index is 2.00. The van der Waals surface area contributed by atoms with E-state index < -0.39 is 0 Å². The summed E-state index contributed by atoms with van der Waals surface area (Å²) in [7, 11) is 0. The van der Waals surface area contributed by atoms with E-state index in [9.17, 15) is 0 Å². The molecule has 1 aliphatic heterocycles. The number of hydrogen-bond acceptors (Lipinski definition) is 2. The van der Waals surface area contributed by atoms with Crippen molar-refractivity contribution < 1.29 is 0 Å². The molecule has 0 saturated heterocycles. The quantitative estimate of drug-likeness (QED) is 0.905. The summed E-state index contributed by atoms with van der Waals surface area (Å²) in [5.41, 5.74) is 2.92. The van der Waals surface area contributed by atoms with E-state index in [4.69, 9.17) is 4.98 Å². The van der Waals surface area contributed by atoms with Gasteiger partial charge in [0.05, 0.1) is 5.69 Å². The third kappa shape index (κ3) is 2.58. The second-order valence-electron chi connectivity index (χ2n) is 7.40. The second kappa shape index (κ2) is 4.62. The molecule has 106 valence electrons. The normalized spacial score (nSPS) is 21.3. The zero-order chi connectivity index (χ0) is 13.6. The fourth-order valence-electron chi connectivity index (χ4n) is 3.28. The summed E-state index contributed by atoms with van der Waals surface area (Å²) < 4.78 is 2.58. The van der Waals surface area contributed by atoms with Gasteiger partial charge in [-0.25, -0.2) is 4.98 Å². The van der Waals surface area contributed by atoms with Gasteiger partial charge in [0.25, 0.3) is 0 Å². The SMILES string of the molecule is CC(CC1CC1)n1c(C(C)(C)C)nc2c1CCNC2. The Bertz CT molecular complexity index is 463. The predicted octanol–water partition coefficient (Wildman–Crippen LogP) is 3.19. The third-order valence-corrected chi connectivity index (χ3v) is 4.41. The largest absolute Gasteiger partial charge is 0.328 e. The Labute approximate surface area is 116 Å².